The maximum atomic E-state index is 12.1. The molecular weight excluding hydrogens is 252 g/mol. The minimum atomic E-state index is -0.346. The van der Waals surface area contributed by atoms with Crippen molar-refractivity contribution in [3.63, 3.8) is 0 Å². The molecule has 5 nitrogen and oxygen atoms in total. The lowest BCUT2D eigenvalue weighted by molar-refractivity contribution is -0.124. The minimum Gasteiger partial charge on any atom is -0.399 e. The van der Waals surface area contributed by atoms with Crippen molar-refractivity contribution in [2.24, 2.45) is 5.92 Å². The Hall–Kier alpha value is -2.04. The molecular formula is C15H22N4O. The van der Waals surface area contributed by atoms with E-state index in [1.807, 2.05) is 25.1 Å². The van der Waals surface area contributed by atoms with Crippen molar-refractivity contribution in [1.29, 1.82) is 0 Å². The van der Waals surface area contributed by atoms with E-state index in [1.165, 1.54) is 0 Å². The molecule has 0 aliphatic heterocycles. The summed E-state index contributed by atoms with van der Waals surface area (Å²) in [5.74, 6) is 0.564. The molecule has 1 heterocycles. The zero-order valence-electron chi connectivity index (χ0n) is 12.3. The van der Waals surface area contributed by atoms with E-state index in [2.05, 4.69) is 24.3 Å². The summed E-state index contributed by atoms with van der Waals surface area (Å²) in [6.07, 6.45) is 2.73. The predicted molar refractivity (Wildman–Crippen MR) is 81.3 cm³/mol. The van der Waals surface area contributed by atoms with Crippen LogP contribution in [0.2, 0.25) is 0 Å². The molecule has 2 rings (SSSR count). The van der Waals surface area contributed by atoms with Gasteiger partial charge in [0.05, 0.1) is 11.7 Å². The summed E-state index contributed by atoms with van der Waals surface area (Å²) < 4.78 is 1.72. The molecule has 0 bridgehead atoms. The molecule has 5 heteroatoms. The summed E-state index contributed by atoms with van der Waals surface area (Å²) in [5.41, 5.74) is 7.36. The number of benzene rings is 1. The van der Waals surface area contributed by atoms with Crippen LogP contribution < -0.4 is 11.1 Å². The van der Waals surface area contributed by atoms with Gasteiger partial charge >= 0.3 is 0 Å². The van der Waals surface area contributed by atoms with Crippen molar-refractivity contribution < 1.29 is 4.79 Å². The Balaban J connectivity index is 2.12. The Morgan fingerprint density at radius 1 is 1.40 bits per heavy atom. The number of fused-ring (bicyclic) bond motifs is 1. The SMILES string of the molecule is CC(C)CCNC(=O)C(C)n1ncc2ccc(N)cc21. The van der Waals surface area contributed by atoms with Gasteiger partial charge in [0, 0.05) is 17.6 Å². The van der Waals surface area contributed by atoms with Gasteiger partial charge in [0.1, 0.15) is 6.04 Å². The van der Waals surface area contributed by atoms with Crippen LogP contribution in [0.4, 0.5) is 5.69 Å². The van der Waals surface area contributed by atoms with Gasteiger partial charge in [-0.2, -0.15) is 5.10 Å². The molecule has 108 valence electrons. The quantitative estimate of drug-likeness (QED) is 0.822. The van der Waals surface area contributed by atoms with Crippen molar-refractivity contribution >= 4 is 22.5 Å². The van der Waals surface area contributed by atoms with Gasteiger partial charge in [0.15, 0.2) is 0 Å². The van der Waals surface area contributed by atoms with Gasteiger partial charge in [-0.15, -0.1) is 0 Å². The van der Waals surface area contributed by atoms with Crippen LogP contribution >= 0.6 is 0 Å². The Labute approximate surface area is 119 Å². The van der Waals surface area contributed by atoms with Crippen LogP contribution in [0, 0.1) is 5.92 Å². The highest BCUT2D eigenvalue weighted by molar-refractivity contribution is 5.86. The number of rotatable bonds is 5. The zero-order valence-corrected chi connectivity index (χ0v) is 12.3. The first-order valence-electron chi connectivity index (χ1n) is 6.99. The molecule has 3 N–H and O–H groups in total. The third kappa shape index (κ3) is 3.10. The number of carbonyl (C=O) groups is 1. The van der Waals surface area contributed by atoms with Crippen molar-refractivity contribution in [3.05, 3.63) is 24.4 Å². The Kier molecular flexibility index (Phi) is 4.27. The van der Waals surface area contributed by atoms with E-state index < -0.39 is 0 Å². The highest BCUT2D eigenvalue weighted by Gasteiger charge is 2.17. The third-order valence-corrected chi connectivity index (χ3v) is 3.39. The molecule has 1 unspecified atom stereocenters. The molecule has 0 saturated heterocycles. The van der Waals surface area contributed by atoms with E-state index in [-0.39, 0.29) is 11.9 Å². The first-order valence-corrected chi connectivity index (χ1v) is 6.99. The van der Waals surface area contributed by atoms with Gasteiger partial charge in [0.2, 0.25) is 5.91 Å². The highest BCUT2D eigenvalue weighted by atomic mass is 16.2. The monoisotopic (exact) mass is 274 g/mol. The van der Waals surface area contributed by atoms with Gasteiger partial charge in [-0.25, -0.2) is 0 Å². The summed E-state index contributed by atoms with van der Waals surface area (Å²) in [5, 5.41) is 8.24. The van der Waals surface area contributed by atoms with Gasteiger partial charge in [-0.3, -0.25) is 9.48 Å². The number of nitrogens with zero attached hydrogens (tertiary/aromatic N) is 2. The Bertz CT molecular complexity index is 603. The first-order chi connectivity index (χ1) is 9.49. The van der Waals surface area contributed by atoms with Crippen molar-refractivity contribution in [2.75, 3.05) is 12.3 Å². The van der Waals surface area contributed by atoms with Crippen LogP contribution in [0.1, 0.15) is 33.2 Å². The predicted octanol–water partition coefficient (Wildman–Crippen LogP) is 2.34. The van der Waals surface area contributed by atoms with E-state index in [0.29, 0.717) is 18.2 Å². The van der Waals surface area contributed by atoms with Crippen molar-refractivity contribution in [1.82, 2.24) is 15.1 Å². The molecule has 1 aromatic heterocycles. The molecule has 0 spiro atoms. The normalized spacial score (nSPS) is 12.8. The molecule has 0 aliphatic carbocycles. The summed E-state index contributed by atoms with van der Waals surface area (Å²) >= 11 is 0. The fourth-order valence-electron chi connectivity index (χ4n) is 2.11. The Morgan fingerprint density at radius 3 is 2.85 bits per heavy atom. The third-order valence-electron chi connectivity index (χ3n) is 3.39. The molecule has 20 heavy (non-hydrogen) atoms. The fraction of sp³-hybridized carbons (Fsp3) is 0.467. The number of carbonyl (C=O) groups excluding carboxylic acids is 1. The Morgan fingerprint density at radius 2 is 2.15 bits per heavy atom. The van der Waals surface area contributed by atoms with E-state index in [4.69, 9.17) is 5.73 Å². The van der Waals surface area contributed by atoms with Gasteiger partial charge < -0.3 is 11.1 Å². The van der Waals surface area contributed by atoms with E-state index in [9.17, 15) is 4.79 Å². The minimum absolute atomic E-state index is 0.0157. The molecule has 2 aromatic rings. The average Bonchev–Trinajstić information content (AvgIpc) is 2.80. The van der Waals surface area contributed by atoms with Crippen LogP contribution in [0.3, 0.4) is 0 Å². The zero-order chi connectivity index (χ0) is 14.7. The molecule has 1 amide bonds. The smallest absolute Gasteiger partial charge is 0.244 e. The molecule has 0 fully saturated rings. The second-order valence-electron chi connectivity index (χ2n) is 5.56. The lowest BCUT2D eigenvalue weighted by Gasteiger charge is -2.14. The number of hydrogen-bond acceptors (Lipinski definition) is 3. The second-order valence-corrected chi connectivity index (χ2v) is 5.56. The number of nitrogens with one attached hydrogen (secondary N) is 1. The summed E-state index contributed by atoms with van der Waals surface area (Å²) in [6.45, 7) is 6.82. The lowest BCUT2D eigenvalue weighted by atomic mass is 10.1. The number of aromatic nitrogens is 2. The highest BCUT2D eigenvalue weighted by Crippen LogP contribution is 2.20. The van der Waals surface area contributed by atoms with Crippen LogP contribution in [-0.4, -0.2) is 22.2 Å². The molecule has 1 atom stereocenters. The summed E-state index contributed by atoms with van der Waals surface area (Å²) in [7, 11) is 0. The van der Waals surface area contributed by atoms with E-state index in [1.54, 1.807) is 10.9 Å². The van der Waals surface area contributed by atoms with Crippen molar-refractivity contribution in [2.45, 2.75) is 33.2 Å². The molecule has 0 radical (unpaired) electrons. The number of amides is 1. The van der Waals surface area contributed by atoms with Crippen LogP contribution in [0.15, 0.2) is 24.4 Å². The summed E-state index contributed by atoms with van der Waals surface area (Å²) in [6, 6.07) is 5.25. The van der Waals surface area contributed by atoms with Crippen LogP contribution in [0.25, 0.3) is 10.9 Å². The lowest BCUT2D eigenvalue weighted by Crippen LogP contribution is -2.32. The van der Waals surface area contributed by atoms with Gasteiger partial charge in [-0.05, 0) is 37.5 Å². The standard InChI is InChI=1S/C15H22N4O/c1-10(2)6-7-17-15(20)11(3)19-14-8-13(16)5-4-12(14)9-18-19/h4-5,8-11H,6-7,16H2,1-3H3,(H,17,20). The van der Waals surface area contributed by atoms with Gasteiger partial charge in [0.25, 0.3) is 0 Å². The van der Waals surface area contributed by atoms with E-state index >= 15 is 0 Å². The van der Waals surface area contributed by atoms with E-state index in [0.717, 1.165) is 17.3 Å². The topological polar surface area (TPSA) is 72.9 Å². The second kappa shape index (κ2) is 5.94. The maximum absolute atomic E-state index is 12.1. The number of hydrogen-bond donors (Lipinski definition) is 2. The van der Waals surface area contributed by atoms with Crippen molar-refractivity contribution in [3.8, 4) is 0 Å². The fourth-order valence-corrected chi connectivity index (χ4v) is 2.11. The molecule has 0 aliphatic rings. The molecule has 0 saturated carbocycles. The number of nitrogens with two attached hydrogens (primary N) is 1. The average molecular weight is 274 g/mol. The number of anilines is 1. The number of nitrogen functional groups attached to an aromatic ring is 1. The van der Waals surface area contributed by atoms with Gasteiger partial charge in [-0.1, -0.05) is 13.8 Å². The summed E-state index contributed by atoms with van der Waals surface area (Å²) in [4.78, 5) is 12.1. The maximum Gasteiger partial charge on any atom is 0.244 e. The van der Waals surface area contributed by atoms with Crippen LogP contribution in [0.5, 0.6) is 0 Å². The first kappa shape index (κ1) is 14.4. The largest absolute Gasteiger partial charge is 0.399 e. The van der Waals surface area contributed by atoms with Crippen LogP contribution in [-0.2, 0) is 4.79 Å². The molecule has 1 aromatic carbocycles.